The number of aromatic amines is 1. The zero-order chi connectivity index (χ0) is 13.0. The van der Waals surface area contributed by atoms with Crippen LogP contribution in [0.3, 0.4) is 0 Å². The Kier molecular flexibility index (Phi) is 3.94. The molecule has 2 N–H and O–H groups in total. The molecule has 5 nitrogen and oxygen atoms in total. The number of aromatic nitrogens is 2. The summed E-state index contributed by atoms with van der Waals surface area (Å²) in [5.74, 6) is 0.228. The lowest BCUT2D eigenvalue weighted by Gasteiger charge is -2.08. The maximum Gasteiger partial charge on any atom is 0.287 e. The van der Waals surface area contributed by atoms with Crippen LogP contribution in [0.4, 0.5) is 0 Å². The summed E-state index contributed by atoms with van der Waals surface area (Å²) >= 11 is 0. The molecule has 1 amide bonds. The maximum absolute atomic E-state index is 11.8. The Balaban J connectivity index is 1.92. The summed E-state index contributed by atoms with van der Waals surface area (Å²) in [6.07, 6.45) is 0.930. The molecule has 0 radical (unpaired) electrons. The standard InChI is InChI=1S/C13H18N4O/c1-17(2)9-5-8-14-13(18)12-15-10-6-3-4-7-11(10)16-12/h3-4,6-7H,5,8-9H2,1-2H3,(H,14,18)(H,15,16). The number of hydrogen-bond donors (Lipinski definition) is 2. The van der Waals surface area contributed by atoms with Gasteiger partial charge >= 0.3 is 0 Å². The molecule has 0 saturated carbocycles. The summed E-state index contributed by atoms with van der Waals surface area (Å²) in [6.45, 7) is 1.62. The molecule has 5 heteroatoms. The van der Waals surface area contributed by atoms with Gasteiger partial charge in [0.25, 0.3) is 5.91 Å². The van der Waals surface area contributed by atoms with Crippen LogP contribution in [0.15, 0.2) is 24.3 Å². The van der Waals surface area contributed by atoms with E-state index in [1.807, 2.05) is 38.4 Å². The van der Waals surface area contributed by atoms with E-state index < -0.39 is 0 Å². The molecule has 0 aliphatic rings. The topological polar surface area (TPSA) is 61.0 Å². The van der Waals surface area contributed by atoms with Crippen LogP contribution in [0.25, 0.3) is 11.0 Å². The molecule has 2 aromatic rings. The molecule has 18 heavy (non-hydrogen) atoms. The van der Waals surface area contributed by atoms with Gasteiger partial charge in [-0.25, -0.2) is 4.98 Å². The van der Waals surface area contributed by atoms with Crippen LogP contribution >= 0.6 is 0 Å². The number of hydrogen-bond acceptors (Lipinski definition) is 3. The van der Waals surface area contributed by atoms with Crippen molar-refractivity contribution in [3.63, 3.8) is 0 Å². The molecule has 0 fully saturated rings. The molecular weight excluding hydrogens is 228 g/mol. The number of nitrogens with one attached hydrogen (secondary N) is 2. The van der Waals surface area contributed by atoms with Crippen molar-refractivity contribution in [2.45, 2.75) is 6.42 Å². The second kappa shape index (κ2) is 5.64. The third kappa shape index (κ3) is 3.07. The summed E-state index contributed by atoms with van der Waals surface area (Å²) < 4.78 is 0. The summed E-state index contributed by atoms with van der Waals surface area (Å²) in [5.41, 5.74) is 1.70. The van der Waals surface area contributed by atoms with Gasteiger partial charge in [0.05, 0.1) is 11.0 Å². The third-order valence-corrected chi connectivity index (χ3v) is 2.67. The fourth-order valence-corrected chi connectivity index (χ4v) is 1.74. The summed E-state index contributed by atoms with van der Waals surface area (Å²) in [7, 11) is 4.03. The molecule has 0 atom stereocenters. The van der Waals surface area contributed by atoms with Crippen molar-refractivity contribution in [2.24, 2.45) is 0 Å². The van der Waals surface area contributed by atoms with E-state index in [1.165, 1.54) is 0 Å². The first-order valence-corrected chi connectivity index (χ1v) is 6.04. The van der Waals surface area contributed by atoms with E-state index in [4.69, 9.17) is 0 Å². The van der Waals surface area contributed by atoms with E-state index in [0.717, 1.165) is 24.0 Å². The van der Waals surface area contributed by atoms with E-state index in [2.05, 4.69) is 20.2 Å². The number of nitrogens with zero attached hydrogens (tertiary/aromatic N) is 2. The average Bonchev–Trinajstić information content (AvgIpc) is 2.78. The molecule has 0 spiro atoms. The number of rotatable bonds is 5. The molecule has 0 saturated heterocycles. The van der Waals surface area contributed by atoms with E-state index in [-0.39, 0.29) is 5.91 Å². The Hall–Kier alpha value is -1.88. The van der Waals surface area contributed by atoms with Crippen LogP contribution in [-0.4, -0.2) is 48.0 Å². The number of benzene rings is 1. The molecule has 0 aliphatic heterocycles. The lowest BCUT2D eigenvalue weighted by Crippen LogP contribution is -2.27. The lowest BCUT2D eigenvalue weighted by atomic mass is 10.3. The van der Waals surface area contributed by atoms with Crippen molar-refractivity contribution in [2.75, 3.05) is 27.2 Å². The van der Waals surface area contributed by atoms with Crippen LogP contribution in [0, 0.1) is 0 Å². The van der Waals surface area contributed by atoms with Crippen molar-refractivity contribution in [1.82, 2.24) is 20.2 Å². The summed E-state index contributed by atoms with van der Waals surface area (Å²) in [6, 6.07) is 7.61. The van der Waals surface area contributed by atoms with E-state index in [1.54, 1.807) is 0 Å². The van der Waals surface area contributed by atoms with Gasteiger partial charge in [0.15, 0.2) is 5.82 Å². The van der Waals surface area contributed by atoms with Crippen LogP contribution < -0.4 is 5.32 Å². The Morgan fingerprint density at radius 2 is 2.17 bits per heavy atom. The highest BCUT2D eigenvalue weighted by Gasteiger charge is 2.09. The number of imidazole rings is 1. The minimum atomic E-state index is -0.148. The Bertz CT molecular complexity index is 500. The van der Waals surface area contributed by atoms with E-state index >= 15 is 0 Å². The first kappa shape index (κ1) is 12.6. The Morgan fingerprint density at radius 3 is 2.89 bits per heavy atom. The van der Waals surface area contributed by atoms with Gasteiger partial charge in [0.1, 0.15) is 0 Å². The predicted octanol–water partition coefficient (Wildman–Crippen LogP) is 1.24. The monoisotopic (exact) mass is 246 g/mol. The first-order valence-electron chi connectivity index (χ1n) is 6.04. The number of fused-ring (bicyclic) bond motifs is 1. The second-order valence-corrected chi connectivity index (χ2v) is 4.52. The number of H-pyrrole nitrogens is 1. The highest BCUT2D eigenvalue weighted by molar-refractivity contribution is 5.94. The van der Waals surface area contributed by atoms with E-state index in [9.17, 15) is 4.79 Å². The maximum atomic E-state index is 11.8. The highest BCUT2D eigenvalue weighted by Crippen LogP contribution is 2.09. The predicted molar refractivity (Wildman–Crippen MR) is 71.6 cm³/mol. The molecule has 96 valence electrons. The number of amides is 1. The second-order valence-electron chi connectivity index (χ2n) is 4.52. The van der Waals surface area contributed by atoms with E-state index in [0.29, 0.717) is 12.4 Å². The van der Waals surface area contributed by atoms with Crippen LogP contribution in [-0.2, 0) is 0 Å². The van der Waals surface area contributed by atoms with Gasteiger partial charge in [-0.1, -0.05) is 12.1 Å². The number of carbonyl (C=O) groups excluding carboxylic acids is 1. The summed E-state index contributed by atoms with van der Waals surface area (Å²) in [5, 5.41) is 2.86. The molecule has 2 rings (SSSR count). The third-order valence-electron chi connectivity index (χ3n) is 2.67. The number of para-hydroxylation sites is 2. The zero-order valence-corrected chi connectivity index (χ0v) is 10.7. The highest BCUT2D eigenvalue weighted by atomic mass is 16.2. The molecule has 1 aromatic heterocycles. The lowest BCUT2D eigenvalue weighted by molar-refractivity contribution is 0.0943. The van der Waals surface area contributed by atoms with Crippen molar-refractivity contribution < 1.29 is 4.79 Å². The Labute approximate surface area is 106 Å². The van der Waals surface area contributed by atoms with Crippen LogP contribution in [0.2, 0.25) is 0 Å². The van der Waals surface area contributed by atoms with Gasteiger partial charge in [-0.3, -0.25) is 4.79 Å². The van der Waals surface area contributed by atoms with Gasteiger partial charge in [0.2, 0.25) is 0 Å². The average molecular weight is 246 g/mol. The SMILES string of the molecule is CN(C)CCCNC(=O)c1nc2ccccc2[nH]1. The first-order chi connectivity index (χ1) is 8.66. The normalized spacial score (nSPS) is 11.1. The molecule has 0 aliphatic carbocycles. The van der Waals surface area contributed by atoms with Crippen molar-refractivity contribution in [3.05, 3.63) is 30.1 Å². The van der Waals surface area contributed by atoms with Gasteiger partial charge in [-0.15, -0.1) is 0 Å². The van der Waals surface area contributed by atoms with Crippen molar-refractivity contribution in [3.8, 4) is 0 Å². The smallest absolute Gasteiger partial charge is 0.287 e. The summed E-state index contributed by atoms with van der Waals surface area (Å²) in [4.78, 5) is 21.2. The minimum Gasteiger partial charge on any atom is -0.349 e. The van der Waals surface area contributed by atoms with Crippen LogP contribution in [0.1, 0.15) is 17.0 Å². The Morgan fingerprint density at radius 1 is 1.39 bits per heavy atom. The van der Waals surface area contributed by atoms with Crippen LogP contribution in [0.5, 0.6) is 0 Å². The molecule has 0 unspecified atom stereocenters. The van der Waals surface area contributed by atoms with Gasteiger partial charge in [-0.05, 0) is 39.2 Å². The molecule has 1 aromatic carbocycles. The fraction of sp³-hybridized carbons (Fsp3) is 0.385. The largest absolute Gasteiger partial charge is 0.349 e. The molecular formula is C13H18N4O. The minimum absolute atomic E-state index is 0.148. The molecule has 1 heterocycles. The van der Waals surface area contributed by atoms with Crippen molar-refractivity contribution in [1.29, 1.82) is 0 Å². The fourth-order valence-electron chi connectivity index (χ4n) is 1.74. The van der Waals surface area contributed by atoms with Gasteiger partial charge in [0, 0.05) is 6.54 Å². The quantitative estimate of drug-likeness (QED) is 0.780. The van der Waals surface area contributed by atoms with Gasteiger partial charge in [-0.2, -0.15) is 0 Å². The zero-order valence-electron chi connectivity index (χ0n) is 10.7. The number of carbonyl (C=O) groups is 1. The van der Waals surface area contributed by atoms with Gasteiger partial charge < -0.3 is 15.2 Å². The molecule has 0 bridgehead atoms. The van der Waals surface area contributed by atoms with Crippen molar-refractivity contribution >= 4 is 16.9 Å².